The van der Waals surface area contributed by atoms with Gasteiger partial charge in [0.15, 0.2) is 0 Å². The zero-order chi connectivity index (χ0) is 33.4. The smallest absolute Gasteiger partial charge is 0.0471 e. The van der Waals surface area contributed by atoms with Crippen LogP contribution >= 0.6 is 7.26 Å². The normalized spacial score (nSPS) is 11.7. The molecule has 0 aromatic heterocycles. The van der Waals surface area contributed by atoms with Gasteiger partial charge >= 0.3 is 195 Å². The zero-order valence-corrected chi connectivity index (χ0v) is 29.6. The van der Waals surface area contributed by atoms with E-state index in [4.69, 9.17) is 0 Å². The molecule has 0 amide bonds. The number of aryl methyl sites for hydroxylation is 1. The van der Waals surface area contributed by atoms with E-state index in [1.807, 2.05) is 24.3 Å². The first-order chi connectivity index (χ1) is 23.7. The van der Waals surface area contributed by atoms with Crippen molar-refractivity contribution in [2.24, 2.45) is 0 Å². The Morgan fingerprint density at radius 1 is 0.479 bits per heavy atom. The summed E-state index contributed by atoms with van der Waals surface area (Å²) >= 11 is 0. The third kappa shape index (κ3) is 9.03. The summed E-state index contributed by atoms with van der Waals surface area (Å²) in [4.78, 5) is 0. The van der Waals surface area contributed by atoms with Gasteiger partial charge in [0.05, 0.1) is 0 Å². The van der Waals surface area contributed by atoms with Crippen LogP contribution < -0.4 is 15.9 Å². The summed E-state index contributed by atoms with van der Waals surface area (Å²) in [5.41, 5.74) is 5.80. The first-order valence-electron chi connectivity index (χ1n) is 18.0. The van der Waals surface area contributed by atoms with Crippen molar-refractivity contribution in [3.05, 3.63) is 169 Å². The maximum Gasteiger partial charge on any atom is -0.0471 e. The first kappa shape index (κ1) is 35.1. The van der Waals surface area contributed by atoms with Crippen molar-refractivity contribution in [1.29, 1.82) is 0 Å². The average Bonchev–Trinajstić information content (AvgIpc) is 3.13. The fraction of sp³-hybridized carbons (Fsp3) is 0.261. The number of phenols is 1. The number of unbranched alkanes of at least 4 members (excludes halogenated alkanes) is 7. The second-order valence-corrected chi connectivity index (χ2v) is 17.2. The Balaban J connectivity index is 1.13. The molecule has 0 aliphatic heterocycles. The minimum absolute atomic E-state index is 0.344. The van der Waals surface area contributed by atoms with Crippen LogP contribution in [-0.4, -0.2) is 11.3 Å². The summed E-state index contributed by atoms with van der Waals surface area (Å²) in [6, 6.07) is 46.6. The van der Waals surface area contributed by atoms with E-state index in [-0.39, 0.29) is 0 Å². The van der Waals surface area contributed by atoms with Gasteiger partial charge in [-0.05, 0) is 36.1 Å². The van der Waals surface area contributed by atoms with Crippen LogP contribution in [0.15, 0.2) is 153 Å². The third-order valence-electron chi connectivity index (χ3n) is 9.83. The Bertz CT molecular complexity index is 1610. The molecule has 0 atom stereocenters. The molecule has 5 rings (SSSR count). The standard InChI is InChI=1S/C46H53OP/c1-3-22-38-31-33-40(44(36-38)45-37-39(23-4-2)32-34-46(45)47)24-14-9-7-5-6-8-10-21-35-48(41-25-15-11-16-26-41,42-27-17-12-18-28-42)43-29-19-13-20-30-43/h3-4,11-13,15-20,25-34,36-37,47-48H,1-2,5-10,14,21-24,35H2. The van der Waals surface area contributed by atoms with Gasteiger partial charge in [-0.2, -0.15) is 0 Å². The van der Waals surface area contributed by atoms with Crippen LogP contribution in [0.5, 0.6) is 5.75 Å². The predicted octanol–water partition coefficient (Wildman–Crippen LogP) is 10.9. The van der Waals surface area contributed by atoms with E-state index < -0.39 is 7.26 Å². The summed E-state index contributed by atoms with van der Waals surface area (Å²) in [5, 5.41) is 15.4. The van der Waals surface area contributed by atoms with Crippen LogP contribution in [0, 0.1) is 0 Å². The second kappa shape index (κ2) is 18.4. The van der Waals surface area contributed by atoms with Gasteiger partial charge in [-0.3, -0.25) is 0 Å². The Kier molecular flexibility index (Phi) is 13.4. The van der Waals surface area contributed by atoms with Crippen molar-refractivity contribution < 1.29 is 5.11 Å². The van der Waals surface area contributed by atoms with Crippen molar-refractivity contribution in [3.8, 4) is 16.9 Å². The van der Waals surface area contributed by atoms with E-state index in [9.17, 15) is 5.11 Å². The topological polar surface area (TPSA) is 20.2 Å². The van der Waals surface area contributed by atoms with Crippen molar-refractivity contribution in [2.75, 3.05) is 6.16 Å². The summed E-state index contributed by atoms with van der Waals surface area (Å²) in [7, 11) is -2.12. The molecule has 0 heterocycles. The molecule has 0 saturated heterocycles. The second-order valence-electron chi connectivity index (χ2n) is 13.2. The molecule has 0 saturated carbocycles. The SMILES string of the molecule is C=CCc1ccc(O)c(-c2cc(CC=C)ccc2CCCCCCCCCC[PH](c2ccccc2)(c2ccccc2)c2ccccc2)c1. The molecule has 5 aromatic rings. The molecule has 0 aliphatic rings. The van der Waals surface area contributed by atoms with E-state index in [2.05, 4.69) is 128 Å². The molecule has 2 heteroatoms. The molecule has 0 aliphatic carbocycles. The van der Waals surface area contributed by atoms with Gasteiger partial charge in [0.1, 0.15) is 5.75 Å². The van der Waals surface area contributed by atoms with Gasteiger partial charge in [-0.1, -0.05) is 30.4 Å². The maximum atomic E-state index is 10.8. The first-order valence-corrected chi connectivity index (χ1v) is 20.2. The molecule has 1 N–H and O–H groups in total. The van der Waals surface area contributed by atoms with Gasteiger partial charge in [-0.25, -0.2) is 0 Å². The van der Waals surface area contributed by atoms with Crippen molar-refractivity contribution >= 4 is 23.2 Å². The van der Waals surface area contributed by atoms with E-state index in [1.165, 1.54) is 90.1 Å². The summed E-state index contributed by atoms with van der Waals surface area (Å²) in [5.74, 6) is 0.344. The Morgan fingerprint density at radius 3 is 1.42 bits per heavy atom. The Hall–Kier alpha value is -4.19. The minimum Gasteiger partial charge on any atom is -0.0471 e. The zero-order valence-electron chi connectivity index (χ0n) is 28.6. The van der Waals surface area contributed by atoms with Crippen LogP contribution in [0.25, 0.3) is 11.1 Å². The van der Waals surface area contributed by atoms with E-state index >= 15 is 0 Å². The molecule has 248 valence electrons. The summed E-state index contributed by atoms with van der Waals surface area (Å²) in [6.45, 7) is 7.82. The van der Waals surface area contributed by atoms with E-state index in [1.54, 1.807) is 0 Å². The van der Waals surface area contributed by atoms with E-state index in [0.717, 1.165) is 30.4 Å². The van der Waals surface area contributed by atoms with Crippen molar-refractivity contribution in [3.63, 3.8) is 0 Å². The molecule has 0 bridgehead atoms. The van der Waals surface area contributed by atoms with Gasteiger partial charge in [-0.15, -0.1) is 13.2 Å². The monoisotopic (exact) mass is 652 g/mol. The van der Waals surface area contributed by atoms with Crippen LogP contribution in [0.2, 0.25) is 0 Å². The van der Waals surface area contributed by atoms with Gasteiger partial charge in [0.25, 0.3) is 0 Å². The molecule has 5 aromatic carbocycles. The van der Waals surface area contributed by atoms with Crippen molar-refractivity contribution in [1.82, 2.24) is 0 Å². The maximum absolute atomic E-state index is 10.8. The number of hydrogen-bond acceptors (Lipinski definition) is 1. The molecule has 0 radical (unpaired) electrons. The third-order valence-corrected chi connectivity index (χ3v) is 14.9. The number of phenolic OH excluding ortho intramolecular Hbond substituents is 1. The van der Waals surface area contributed by atoms with Gasteiger partial charge in [0, 0.05) is 5.56 Å². The van der Waals surface area contributed by atoms with Crippen LogP contribution in [0.3, 0.4) is 0 Å². The fourth-order valence-electron chi connectivity index (χ4n) is 7.35. The van der Waals surface area contributed by atoms with E-state index in [0.29, 0.717) is 5.75 Å². The number of hydrogen-bond donors (Lipinski definition) is 1. The number of aromatic hydroxyl groups is 1. The minimum atomic E-state index is -2.12. The number of allylic oxidation sites excluding steroid dienone is 2. The van der Waals surface area contributed by atoms with Crippen LogP contribution in [0.4, 0.5) is 0 Å². The molecular weight excluding hydrogens is 599 g/mol. The molecule has 1 nitrogen and oxygen atoms in total. The Labute approximate surface area is 290 Å². The molecule has 0 unspecified atom stereocenters. The van der Waals surface area contributed by atoms with Gasteiger partial charge in [0.2, 0.25) is 0 Å². The number of benzene rings is 5. The molecular formula is C46H53OP. The molecule has 48 heavy (non-hydrogen) atoms. The van der Waals surface area contributed by atoms with Crippen LogP contribution in [-0.2, 0) is 19.3 Å². The quantitative estimate of drug-likeness (QED) is 0.0535. The van der Waals surface area contributed by atoms with Crippen LogP contribution in [0.1, 0.15) is 68.1 Å². The molecule has 0 fully saturated rings. The van der Waals surface area contributed by atoms with Crippen molar-refractivity contribution in [2.45, 2.75) is 70.6 Å². The summed E-state index contributed by atoms with van der Waals surface area (Å²) in [6.07, 6.45) is 17.9. The predicted molar refractivity (Wildman–Crippen MR) is 213 cm³/mol. The molecule has 0 spiro atoms. The summed E-state index contributed by atoms with van der Waals surface area (Å²) < 4.78 is 0. The number of rotatable bonds is 19. The Morgan fingerprint density at radius 2 is 0.917 bits per heavy atom. The largest absolute Gasteiger partial charge is 0.0471 e. The average molecular weight is 653 g/mol. The fourth-order valence-corrected chi connectivity index (χ4v) is 12.3. The van der Waals surface area contributed by atoms with Gasteiger partial charge < -0.3 is 5.11 Å².